The number of ketones is 1. The predicted molar refractivity (Wildman–Crippen MR) is 166 cm³/mol. The summed E-state index contributed by atoms with van der Waals surface area (Å²) in [7, 11) is 1.62. The molecule has 2 aromatic rings. The summed E-state index contributed by atoms with van der Waals surface area (Å²) in [5, 5.41) is 0. The number of methoxy groups -OCH3 is 1. The van der Waals surface area contributed by atoms with Crippen LogP contribution < -0.4 is 5.48 Å². The van der Waals surface area contributed by atoms with Gasteiger partial charge in [0.15, 0.2) is 5.78 Å². The molecule has 44 heavy (non-hydrogen) atoms. The summed E-state index contributed by atoms with van der Waals surface area (Å²) in [6.07, 6.45) is 4.56. The number of carbonyl (C=O) groups is 3. The Hall–Kier alpha value is -3.15. The van der Waals surface area contributed by atoms with Crippen LogP contribution in [0.15, 0.2) is 54.6 Å². The van der Waals surface area contributed by atoms with Crippen molar-refractivity contribution in [3.05, 3.63) is 71.3 Å². The smallest absolute Gasteiger partial charge is 0.332 e. The Morgan fingerprint density at radius 2 is 1.18 bits per heavy atom. The largest absolute Gasteiger partial charge is 0.382 e. The first-order chi connectivity index (χ1) is 21.5. The minimum atomic E-state index is -0.595. The fourth-order valence-electron chi connectivity index (χ4n) is 4.30. The maximum absolute atomic E-state index is 12.2. The van der Waals surface area contributed by atoms with E-state index in [0.29, 0.717) is 46.2 Å². The summed E-state index contributed by atoms with van der Waals surface area (Å²) >= 11 is 0. The molecule has 0 bridgehead atoms. The second-order valence-corrected chi connectivity index (χ2v) is 10.6. The number of amides is 1. The Bertz CT molecular complexity index is 1050. The minimum Gasteiger partial charge on any atom is -0.382 e. The molecular formula is C34H49NO9. The quantitative estimate of drug-likeness (QED) is 0.130. The standard InChI is InChI=1S/C34H49NO9/c1-28(24-32(36)27-43-23-22-42-21-20-41-19-18-40-17-16-39-2)25-34(38)44-35-33(37)26-31-14-12-30(13-15-31)11-7-6-10-29-8-4-3-5-9-29/h3-5,8-9,12-15,28H,6-7,10-11,16-27H2,1-2H3,(H,35,37)/t28-/m1/s1. The zero-order chi connectivity index (χ0) is 31.7. The molecule has 0 aliphatic rings. The van der Waals surface area contributed by atoms with Crippen molar-refractivity contribution in [3.8, 4) is 0 Å². The third kappa shape index (κ3) is 19.2. The molecule has 0 aliphatic heterocycles. The van der Waals surface area contributed by atoms with Crippen LogP contribution in [0.5, 0.6) is 0 Å². The monoisotopic (exact) mass is 615 g/mol. The van der Waals surface area contributed by atoms with Crippen LogP contribution in [-0.2, 0) is 62.2 Å². The molecule has 0 heterocycles. The van der Waals surface area contributed by atoms with Crippen LogP contribution in [0.3, 0.4) is 0 Å². The van der Waals surface area contributed by atoms with E-state index in [1.165, 1.54) is 11.1 Å². The molecule has 1 amide bonds. The van der Waals surface area contributed by atoms with Crippen LogP contribution in [-0.4, -0.2) is 84.2 Å². The summed E-state index contributed by atoms with van der Waals surface area (Å²) < 4.78 is 26.3. The van der Waals surface area contributed by atoms with Crippen molar-refractivity contribution in [1.82, 2.24) is 5.48 Å². The molecule has 2 aromatic carbocycles. The summed E-state index contributed by atoms with van der Waals surface area (Å²) in [4.78, 5) is 41.4. The molecule has 0 spiro atoms. The number of hydrogen-bond acceptors (Lipinski definition) is 9. The Balaban J connectivity index is 1.45. The van der Waals surface area contributed by atoms with Crippen molar-refractivity contribution in [2.75, 3.05) is 66.6 Å². The first-order valence-corrected chi connectivity index (χ1v) is 15.4. The van der Waals surface area contributed by atoms with E-state index in [-0.39, 0.29) is 44.2 Å². The van der Waals surface area contributed by atoms with Crippen LogP contribution in [0, 0.1) is 5.92 Å². The van der Waals surface area contributed by atoms with Gasteiger partial charge in [-0.25, -0.2) is 4.79 Å². The van der Waals surface area contributed by atoms with Crippen molar-refractivity contribution in [2.24, 2.45) is 5.92 Å². The number of unbranched alkanes of at least 4 members (excludes halogenated alkanes) is 1. The lowest BCUT2D eigenvalue weighted by molar-refractivity contribution is -0.159. The number of Topliss-reactive ketones (excluding diaryl/α,β-unsaturated/α-hetero) is 1. The number of benzene rings is 2. The molecular weight excluding hydrogens is 566 g/mol. The average molecular weight is 616 g/mol. The topological polar surface area (TPSA) is 119 Å². The molecule has 0 saturated heterocycles. The van der Waals surface area contributed by atoms with Gasteiger partial charge in [0.2, 0.25) is 0 Å². The van der Waals surface area contributed by atoms with E-state index in [1.807, 2.05) is 30.3 Å². The highest BCUT2D eigenvalue weighted by Crippen LogP contribution is 2.12. The van der Waals surface area contributed by atoms with Gasteiger partial charge in [0.05, 0.1) is 65.7 Å². The molecule has 0 aromatic heterocycles. The number of aryl methyl sites for hydroxylation is 2. The van der Waals surface area contributed by atoms with E-state index < -0.39 is 11.9 Å². The Labute approximate surface area is 261 Å². The van der Waals surface area contributed by atoms with Gasteiger partial charge in [-0.05, 0) is 48.3 Å². The van der Waals surface area contributed by atoms with Crippen LogP contribution in [0.1, 0.15) is 49.3 Å². The van der Waals surface area contributed by atoms with Gasteiger partial charge >= 0.3 is 5.97 Å². The highest BCUT2D eigenvalue weighted by atomic mass is 16.7. The van der Waals surface area contributed by atoms with Gasteiger partial charge in [0, 0.05) is 13.5 Å². The van der Waals surface area contributed by atoms with Crippen LogP contribution in [0.4, 0.5) is 0 Å². The molecule has 1 N–H and O–H groups in total. The Morgan fingerprint density at radius 1 is 0.659 bits per heavy atom. The van der Waals surface area contributed by atoms with Crippen molar-refractivity contribution in [1.29, 1.82) is 0 Å². The van der Waals surface area contributed by atoms with Crippen molar-refractivity contribution < 1.29 is 42.9 Å². The number of nitrogens with one attached hydrogen (secondary N) is 1. The van der Waals surface area contributed by atoms with Crippen molar-refractivity contribution in [2.45, 2.75) is 51.9 Å². The molecule has 0 aliphatic carbocycles. The predicted octanol–water partition coefficient (Wildman–Crippen LogP) is 4.07. The molecule has 0 unspecified atom stereocenters. The van der Waals surface area contributed by atoms with E-state index in [0.717, 1.165) is 31.2 Å². The second-order valence-electron chi connectivity index (χ2n) is 10.6. The van der Waals surface area contributed by atoms with Gasteiger partial charge < -0.3 is 28.5 Å². The van der Waals surface area contributed by atoms with E-state index in [1.54, 1.807) is 14.0 Å². The SMILES string of the molecule is COCCOCCOCCOCCOCC(=O)C[C@@H](C)CC(=O)ONC(=O)Cc1ccc(CCCCc2ccccc2)cc1. The van der Waals surface area contributed by atoms with E-state index in [9.17, 15) is 14.4 Å². The lowest BCUT2D eigenvalue weighted by Crippen LogP contribution is -2.29. The zero-order valence-electron chi connectivity index (χ0n) is 26.3. The van der Waals surface area contributed by atoms with Gasteiger partial charge in [-0.15, -0.1) is 0 Å². The first kappa shape index (κ1) is 37.0. The summed E-state index contributed by atoms with van der Waals surface area (Å²) in [5.41, 5.74) is 5.63. The Morgan fingerprint density at radius 3 is 1.77 bits per heavy atom. The van der Waals surface area contributed by atoms with Gasteiger partial charge in [-0.3, -0.25) is 9.59 Å². The number of ether oxygens (including phenoxy) is 5. The molecule has 10 heteroatoms. The summed E-state index contributed by atoms with van der Waals surface area (Å²) in [6.45, 7) is 5.32. The van der Waals surface area contributed by atoms with E-state index in [2.05, 4.69) is 29.7 Å². The van der Waals surface area contributed by atoms with Crippen LogP contribution in [0.25, 0.3) is 0 Å². The third-order valence-electron chi connectivity index (χ3n) is 6.59. The lowest BCUT2D eigenvalue weighted by Gasteiger charge is -2.11. The summed E-state index contributed by atoms with van der Waals surface area (Å²) in [6, 6.07) is 18.4. The number of hydrogen-bond donors (Lipinski definition) is 1. The van der Waals surface area contributed by atoms with Gasteiger partial charge in [0.25, 0.3) is 5.91 Å². The normalized spacial score (nSPS) is 11.7. The first-order valence-electron chi connectivity index (χ1n) is 15.4. The second kappa shape index (κ2) is 24.2. The molecule has 0 radical (unpaired) electrons. The van der Waals surface area contributed by atoms with Gasteiger partial charge in [-0.2, -0.15) is 5.48 Å². The molecule has 0 saturated carbocycles. The van der Waals surface area contributed by atoms with Crippen molar-refractivity contribution >= 4 is 17.7 Å². The zero-order valence-corrected chi connectivity index (χ0v) is 26.3. The molecule has 10 nitrogen and oxygen atoms in total. The molecule has 0 fully saturated rings. The van der Waals surface area contributed by atoms with E-state index in [4.69, 9.17) is 28.5 Å². The number of rotatable bonds is 25. The number of carbonyl (C=O) groups excluding carboxylic acids is 3. The minimum absolute atomic E-state index is 0.00548. The maximum atomic E-state index is 12.2. The Kier molecular flexibility index (Phi) is 20.4. The lowest BCUT2D eigenvalue weighted by atomic mass is 10.0. The van der Waals surface area contributed by atoms with Crippen LogP contribution in [0.2, 0.25) is 0 Å². The van der Waals surface area contributed by atoms with Gasteiger partial charge in [0.1, 0.15) is 6.61 Å². The average Bonchev–Trinajstić information content (AvgIpc) is 3.02. The highest BCUT2D eigenvalue weighted by molar-refractivity contribution is 5.81. The van der Waals surface area contributed by atoms with E-state index >= 15 is 0 Å². The maximum Gasteiger partial charge on any atom is 0.332 e. The summed E-state index contributed by atoms with van der Waals surface area (Å²) in [5.74, 6) is -1.37. The fraction of sp³-hybridized carbons (Fsp3) is 0.559. The van der Waals surface area contributed by atoms with Crippen molar-refractivity contribution in [3.63, 3.8) is 0 Å². The number of hydroxylamine groups is 1. The highest BCUT2D eigenvalue weighted by Gasteiger charge is 2.16. The fourth-order valence-corrected chi connectivity index (χ4v) is 4.30. The molecule has 244 valence electrons. The molecule has 2 rings (SSSR count). The molecule has 1 atom stereocenters. The third-order valence-corrected chi connectivity index (χ3v) is 6.59. The van der Waals surface area contributed by atoms with Crippen LogP contribution >= 0.6 is 0 Å². The van der Waals surface area contributed by atoms with Gasteiger partial charge in [-0.1, -0.05) is 61.5 Å².